The first-order valence-electron chi connectivity index (χ1n) is 6.76. The van der Waals surface area contributed by atoms with Crippen LogP contribution in [0.4, 0.5) is 19.0 Å². The van der Waals surface area contributed by atoms with E-state index in [2.05, 4.69) is 20.2 Å². The van der Waals surface area contributed by atoms with Crippen molar-refractivity contribution in [2.75, 3.05) is 31.1 Å². The lowest BCUT2D eigenvalue weighted by atomic mass is 10.2. The number of fused-ring (bicyclic) bond motifs is 1. The Morgan fingerprint density at radius 1 is 1.04 bits per heavy atom. The van der Waals surface area contributed by atoms with Gasteiger partial charge in [0, 0.05) is 26.2 Å². The average Bonchev–Trinajstić information content (AvgIpc) is 2.46. The number of nitrogens with zero attached hydrogens (tertiary/aromatic N) is 3. The number of rotatable bonds is 1. The molecule has 1 saturated heterocycles. The highest BCUT2D eigenvalue weighted by atomic mass is 35.5. The van der Waals surface area contributed by atoms with Gasteiger partial charge in [0.05, 0.1) is 22.3 Å². The summed E-state index contributed by atoms with van der Waals surface area (Å²) in [6.45, 7) is 5.16. The van der Waals surface area contributed by atoms with Crippen molar-refractivity contribution < 1.29 is 13.2 Å². The van der Waals surface area contributed by atoms with Crippen LogP contribution in [0.5, 0.6) is 0 Å². The quantitative estimate of drug-likeness (QED) is 0.838. The van der Waals surface area contributed by atoms with Gasteiger partial charge in [-0.2, -0.15) is 13.2 Å². The van der Waals surface area contributed by atoms with E-state index in [1.54, 1.807) is 6.92 Å². The molecular formula is C14H17Cl2F3N4. The van der Waals surface area contributed by atoms with Crippen molar-refractivity contribution in [1.29, 1.82) is 0 Å². The van der Waals surface area contributed by atoms with E-state index in [9.17, 15) is 13.2 Å². The SMILES string of the molecule is Cc1nc2cc(C(F)(F)F)ccc2nc1N1CCNCC1.Cl.Cl. The molecule has 0 radical (unpaired) electrons. The Hall–Kier alpha value is -1.31. The molecule has 0 aliphatic carbocycles. The molecule has 0 bridgehead atoms. The summed E-state index contributed by atoms with van der Waals surface area (Å²) >= 11 is 0. The topological polar surface area (TPSA) is 41.1 Å². The van der Waals surface area contributed by atoms with E-state index in [0.717, 1.165) is 44.1 Å². The highest BCUT2D eigenvalue weighted by molar-refractivity contribution is 5.85. The number of alkyl halides is 3. The highest BCUT2D eigenvalue weighted by Crippen LogP contribution is 2.31. The molecule has 3 rings (SSSR count). The summed E-state index contributed by atoms with van der Waals surface area (Å²) in [5.41, 5.74) is 0.727. The Labute approximate surface area is 144 Å². The van der Waals surface area contributed by atoms with E-state index in [-0.39, 0.29) is 30.3 Å². The molecule has 9 heteroatoms. The molecule has 0 atom stereocenters. The van der Waals surface area contributed by atoms with Crippen LogP contribution < -0.4 is 10.2 Å². The van der Waals surface area contributed by atoms with Gasteiger partial charge in [0.25, 0.3) is 0 Å². The normalized spacial score (nSPS) is 15.0. The van der Waals surface area contributed by atoms with Crippen LogP contribution in [0.25, 0.3) is 11.0 Å². The van der Waals surface area contributed by atoms with Crippen LogP contribution in [0, 0.1) is 6.92 Å². The van der Waals surface area contributed by atoms with E-state index in [4.69, 9.17) is 0 Å². The van der Waals surface area contributed by atoms with Crippen LogP contribution in [0.2, 0.25) is 0 Å². The maximum Gasteiger partial charge on any atom is 0.416 e. The van der Waals surface area contributed by atoms with Gasteiger partial charge in [-0.05, 0) is 25.1 Å². The van der Waals surface area contributed by atoms with E-state index in [0.29, 0.717) is 11.2 Å². The molecule has 2 heterocycles. The lowest BCUT2D eigenvalue weighted by Crippen LogP contribution is -2.44. The van der Waals surface area contributed by atoms with Crippen LogP contribution in [0.3, 0.4) is 0 Å². The summed E-state index contributed by atoms with van der Waals surface area (Å²) < 4.78 is 38.2. The molecule has 0 saturated carbocycles. The van der Waals surface area contributed by atoms with E-state index in [1.165, 1.54) is 6.07 Å². The number of nitrogens with one attached hydrogen (secondary N) is 1. The number of aryl methyl sites for hydroxylation is 1. The van der Waals surface area contributed by atoms with Crippen molar-refractivity contribution in [3.05, 3.63) is 29.5 Å². The lowest BCUT2D eigenvalue weighted by Gasteiger charge is -2.29. The largest absolute Gasteiger partial charge is 0.416 e. The molecule has 0 amide bonds. The van der Waals surface area contributed by atoms with Gasteiger partial charge in [-0.25, -0.2) is 9.97 Å². The van der Waals surface area contributed by atoms with E-state index < -0.39 is 11.7 Å². The van der Waals surface area contributed by atoms with Gasteiger partial charge in [-0.3, -0.25) is 0 Å². The third kappa shape index (κ3) is 4.16. The van der Waals surface area contributed by atoms with Crippen LogP contribution in [0.1, 0.15) is 11.3 Å². The number of hydrogen-bond donors (Lipinski definition) is 1. The monoisotopic (exact) mass is 368 g/mol. The third-order valence-corrected chi connectivity index (χ3v) is 3.56. The van der Waals surface area contributed by atoms with Crippen LogP contribution in [-0.4, -0.2) is 36.1 Å². The molecule has 0 spiro atoms. The van der Waals surface area contributed by atoms with Gasteiger partial charge >= 0.3 is 6.18 Å². The van der Waals surface area contributed by atoms with Gasteiger partial charge in [0.15, 0.2) is 5.82 Å². The second-order valence-corrected chi connectivity index (χ2v) is 5.07. The molecule has 1 aliphatic rings. The lowest BCUT2D eigenvalue weighted by molar-refractivity contribution is -0.137. The summed E-state index contributed by atoms with van der Waals surface area (Å²) in [4.78, 5) is 10.9. The van der Waals surface area contributed by atoms with Gasteiger partial charge in [0.1, 0.15) is 0 Å². The van der Waals surface area contributed by atoms with Crippen molar-refractivity contribution >= 4 is 41.7 Å². The predicted molar refractivity (Wildman–Crippen MR) is 88.9 cm³/mol. The number of anilines is 1. The molecule has 1 aliphatic heterocycles. The summed E-state index contributed by atoms with van der Waals surface area (Å²) in [6.07, 6.45) is -4.36. The Bertz CT molecular complexity index is 673. The minimum absolute atomic E-state index is 0. The van der Waals surface area contributed by atoms with Gasteiger partial charge in [-0.15, -0.1) is 24.8 Å². The molecule has 0 unspecified atom stereocenters. The number of benzene rings is 1. The summed E-state index contributed by atoms with van der Waals surface area (Å²) in [5, 5.41) is 3.25. The molecule has 1 aromatic heterocycles. The Morgan fingerprint density at radius 3 is 2.30 bits per heavy atom. The molecule has 2 aromatic rings. The van der Waals surface area contributed by atoms with Gasteiger partial charge < -0.3 is 10.2 Å². The van der Waals surface area contributed by atoms with Crippen LogP contribution in [0.15, 0.2) is 18.2 Å². The van der Waals surface area contributed by atoms with Gasteiger partial charge in [0.2, 0.25) is 0 Å². The smallest absolute Gasteiger partial charge is 0.353 e. The molecular weight excluding hydrogens is 352 g/mol. The number of hydrogen-bond acceptors (Lipinski definition) is 4. The maximum absolute atomic E-state index is 12.7. The Morgan fingerprint density at radius 2 is 1.70 bits per heavy atom. The fraction of sp³-hybridized carbons (Fsp3) is 0.429. The highest BCUT2D eigenvalue weighted by Gasteiger charge is 2.30. The van der Waals surface area contributed by atoms with E-state index in [1.807, 2.05) is 0 Å². The average molecular weight is 369 g/mol. The first-order valence-corrected chi connectivity index (χ1v) is 6.76. The first kappa shape index (κ1) is 19.7. The minimum atomic E-state index is -4.36. The zero-order valence-corrected chi connectivity index (χ0v) is 14.0. The van der Waals surface area contributed by atoms with Crippen molar-refractivity contribution in [3.8, 4) is 0 Å². The fourth-order valence-corrected chi connectivity index (χ4v) is 2.49. The first-order chi connectivity index (χ1) is 9.95. The summed E-state index contributed by atoms with van der Waals surface area (Å²) in [6, 6.07) is 3.49. The maximum atomic E-state index is 12.7. The number of piperazine rings is 1. The van der Waals surface area contributed by atoms with Crippen molar-refractivity contribution in [1.82, 2.24) is 15.3 Å². The van der Waals surface area contributed by atoms with Crippen molar-refractivity contribution in [3.63, 3.8) is 0 Å². The third-order valence-electron chi connectivity index (χ3n) is 3.56. The Kier molecular flexibility index (Phi) is 6.44. The van der Waals surface area contributed by atoms with Crippen molar-refractivity contribution in [2.24, 2.45) is 0 Å². The second kappa shape index (κ2) is 7.51. The van der Waals surface area contributed by atoms with Crippen molar-refractivity contribution in [2.45, 2.75) is 13.1 Å². The molecule has 1 fully saturated rings. The fourth-order valence-electron chi connectivity index (χ4n) is 2.49. The van der Waals surface area contributed by atoms with Crippen LogP contribution in [-0.2, 0) is 6.18 Å². The molecule has 128 valence electrons. The molecule has 23 heavy (non-hydrogen) atoms. The van der Waals surface area contributed by atoms with Crippen LogP contribution >= 0.6 is 24.8 Å². The Balaban J connectivity index is 0.00000132. The summed E-state index contributed by atoms with van der Waals surface area (Å²) in [7, 11) is 0. The number of halogens is 5. The zero-order valence-electron chi connectivity index (χ0n) is 12.4. The molecule has 4 nitrogen and oxygen atoms in total. The number of aromatic nitrogens is 2. The minimum Gasteiger partial charge on any atom is -0.353 e. The summed E-state index contributed by atoms with van der Waals surface area (Å²) in [5.74, 6) is 0.753. The zero-order chi connectivity index (χ0) is 15.0. The molecule has 1 N–H and O–H groups in total. The second-order valence-electron chi connectivity index (χ2n) is 5.07. The molecule has 1 aromatic carbocycles. The predicted octanol–water partition coefficient (Wildman–Crippen LogP) is 3.21. The van der Waals surface area contributed by atoms with E-state index >= 15 is 0 Å². The van der Waals surface area contributed by atoms with Gasteiger partial charge in [-0.1, -0.05) is 0 Å². The standard InChI is InChI=1S/C14H15F3N4.2ClH/c1-9-13(21-6-4-18-5-7-21)20-11-3-2-10(14(15,16)17)8-12(11)19-9;;/h2-3,8,18H,4-7H2,1H3;2*1H.